The van der Waals surface area contributed by atoms with E-state index < -0.39 is 0 Å². The third kappa shape index (κ3) is 6.44. The molecule has 0 radical (unpaired) electrons. The van der Waals surface area contributed by atoms with Crippen LogP contribution in [0.5, 0.6) is 0 Å². The predicted octanol–water partition coefficient (Wildman–Crippen LogP) is 1.50. The van der Waals surface area contributed by atoms with Crippen molar-refractivity contribution in [3.05, 3.63) is 35.4 Å². The van der Waals surface area contributed by atoms with Crippen LogP contribution in [0.25, 0.3) is 0 Å². The summed E-state index contributed by atoms with van der Waals surface area (Å²) in [6.45, 7) is 13.3. The van der Waals surface area contributed by atoms with Crippen molar-refractivity contribution in [2.45, 2.75) is 45.8 Å². The summed E-state index contributed by atoms with van der Waals surface area (Å²) in [4.78, 5) is 23.2. The Hall–Kier alpha value is -2.12. The smallest absolute Gasteiger partial charge is 0.222 e. The van der Waals surface area contributed by atoms with E-state index in [1.54, 1.807) is 7.05 Å². The third-order valence-electron chi connectivity index (χ3n) is 6.21. The molecule has 30 heavy (non-hydrogen) atoms. The molecule has 2 heterocycles. The second-order valence-electron chi connectivity index (χ2n) is 8.28. The normalized spacial score (nSPS) is 21.1. The van der Waals surface area contributed by atoms with E-state index in [1.807, 2.05) is 11.8 Å². The number of likely N-dealkylation sites (tertiary alicyclic amines) is 1. The first-order valence-corrected chi connectivity index (χ1v) is 11.4. The van der Waals surface area contributed by atoms with Crippen LogP contribution in [0.4, 0.5) is 0 Å². The number of amides is 1. The van der Waals surface area contributed by atoms with Gasteiger partial charge in [0.15, 0.2) is 5.96 Å². The Bertz CT molecular complexity index is 696. The van der Waals surface area contributed by atoms with E-state index >= 15 is 0 Å². The Labute approximate surface area is 181 Å². The SMILES string of the molecule is CCC(=O)N1CCC(NC(=NC)NCc2ccc(CN3CCN(CC)CC3)cc2)C1. The molecule has 2 N–H and O–H groups in total. The van der Waals surface area contributed by atoms with Gasteiger partial charge >= 0.3 is 0 Å². The lowest BCUT2D eigenvalue weighted by Crippen LogP contribution is -2.45. The van der Waals surface area contributed by atoms with Gasteiger partial charge in [0.25, 0.3) is 0 Å². The standard InChI is InChI=1S/C23H38N6O/c1-4-22(30)29-11-10-21(18-29)26-23(24-3)25-16-19-6-8-20(9-7-19)17-28-14-12-27(5-2)13-15-28/h6-9,21H,4-5,10-18H2,1-3H3,(H2,24,25,26). The minimum Gasteiger partial charge on any atom is -0.352 e. The van der Waals surface area contributed by atoms with Crippen LogP contribution >= 0.6 is 0 Å². The van der Waals surface area contributed by atoms with Crippen LogP contribution in [0, 0.1) is 0 Å². The lowest BCUT2D eigenvalue weighted by molar-refractivity contribution is -0.129. The molecule has 0 aliphatic carbocycles. The van der Waals surface area contributed by atoms with Crippen LogP contribution in [-0.4, -0.2) is 85.5 Å². The minimum absolute atomic E-state index is 0.231. The lowest BCUT2D eigenvalue weighted by atomic mass is 10.1. The number of guanidine groups is 1. The Morgan fingerprint density at radius 2 is 1.70 bits per heavy atom. The summed E-state index contributed by atoms with van der Waals surface area (Å²) in [7, 11) is 1.79. The molecule has 1 unspecified atom stereocenters. The van der Waals surface area contributed by atoms with Gasteiger partial charge in [0, 0.05) is 71.9 Å². The lowest BCUT2D eigenvalue weighted by Gasteiger charge is -2.34. The van der Waals surface area contributed by atoms with E-state index in [0.717, 1.165) is 58.2 Å². The van der Waals surface area contributed by atoms with Crippen molar-refractivity contribution < 1.29 is 4.79 Å². The molecule has 1 aromatic carbocycles. The molecular formula is C23H38N6O. The first kappa shape index (κ1) is 22.6. The van der Waals surface area contributed by atoms with Gasteiger partial charge in [-0.2, -0.15) is 0 Å². The van der Waals surface area contributed by atoms with Crippen molar-refractivity contribution in [3.63, 3.8) is 0 Å². The molecule has 1 amide bonds. The molecule has 2 fully saturated rings. The third-order valence-corrected chi connectivity index (χ3v) is 6.21. The number of rotatable bonds is 7. The number of hydrogen-bond acceptors (Lipinski definition) is 4. The van der Waals surface area contributed by atoms with Crippen molar-refractivity contribution >= 4 is 11.9 Å². The summed E-state index contributed by atoms with van der Waals surface area (Å²) in [5.74, 6) is 1.03. The van der Waals surface area contributed by atoms with Crippen molar-refractivity contribution in [2.24, 2.45) is 4.99 Å². The molecule has 0 saturated carbocycles. The Morgan fingerprint density at radius 3 is 2.33 bits per heavy atom. The summed E-state index contributed by atoms with van der Waals surface area (Å²) >= 11 is 0. The van der Waals surface area contributed by atoms with Crippen molar-refractivity contribution in [3.8, 4) is 0 Å². The van der Waals surface area contributed by atoms with Crippen molar-refractivity contribution in [2.75, 3.05) is 52.9 Å². The second kappa shape index (κ2) is 11.3. The number of benzene rings is 1. The molecule has 7 heteroatoms. The minimum atomic E-state index is 0.231. The molecule has 3 rings (SSSR count). The highest BCUT2D eigenvalue weighted by molar-refractivity contribution is 5.80. The maximum Gasteiger partial charge on any atom is 0.222 e. The van der Waals surface area contributed by atoms with Gasteiger partial charge in [-0.15, -0.1) is 0 Å². The van der Waals surface area contributed by atoms with E-state index in [9.17, 15) is 4.79 Å². The average molecular weight is 415 g/mol. The maximum atomic E-state index is 11.9. The van der Waals surface area contributed by atoms with Crippen LogP contribution in [0.1, 0.15) is 37.8 Å². The number of piperazine rings is 1. The molecular weight excluding hydrogens is 376 g/mol. The number of carbonyl (C=O) groups is 1. The molecule has 0 bridgehead atoms. The Kier molecular flexibility index (Phi) is 8.51. The number of nitrogens with zero attached hydrogens (tertiary/aromatic N) is 4. The topological polar surface area (TPSA) is 63.2 Å². The summed E-state index contributed by atoms with van der Waals surface area (Å²) in [5, 5.41) is 6.86. The summed E-state index contributed by atoms with van der Waals surface area (Å²) in [6.07, 6.45) is 1.54. The maximum absolute atomic E-state index is 11.9. The zero-order valence-corrected chi connectivity index (χ0v) is 18.9. The van der Waals surface area contributed by atoms with Gasteiger partial charge in [0.2, 0.25) is 5.91 Å². The van der Waals surface area contributed by atoms with E-state index in [4.69, 9.17) is 0 Å². The van der Waals surface area contributed by atoms with Gasteiger partial charge in [-0.05, 0) is 24.1 Å². The van der Waals surface area contributed by atoms with Gasteiger partial charge in [-0.25, -0.2) is 0 Å². The quantitative estimate of drug-likeness (QED) is 0.523. The summed E-state index contributed by atoms with van der Waals surface area (Å²) < 4.78 is 0. The molecule has 1 aromatic rings. The highest BCUT2D eigenvalue weighted by atomic mass is 16.2. The van der Waals surface area contributed by atoms with E-state index in [0.29, 0.717) is 6.42 Å². The van der Waals surface area contributed by atoms with Crippen LogP contribution in [0.2, 0.25) is 0 Å². The number of likely N-dealkylation sites (N-methyl/N-ethyl adjacent to an activating group) is 1. The largest absolute Gasteiger partial charge is 0.352 e. The number of hydrogen-bond donors (Lipinski definition) is 2. The zero-order valence-electron chi connectivity index (χ0n) is 18.9. The predicted molar refractivity (Wildman–Crippen MR) is 122 cm³/mol. The fourth-order valence-electron chi connectivity index (χ4n) is 4.19. The monoisotopic (exact) mass is 414 g/mol. The van der Waals surface area contributed by atoms with Gasteiger partial charge in [0.05, 0.1) is 0 Å². The molecule has 166 valence electrons. The van der Waals surface area contributed by atoms with Crippen LogP contribution in [0.3, 0.4) is 0 Å². The molecule has 0 aromatic heterocycles. The van der Waals surface area contributed by atoms with Gasteiger partial charge in [-0.1, -0.05) is 38.1 Å². The molecule has 2 saturated heterocycles. The second-order valence-corrected chi connectivity index (χ2v) is 8.28. The fraction of sp³-hybridized carbons (Fsp3) is 0.652. The first-order valence-electron chi connectivity index (χ1n) is 11.4. The van der Waals surface area contributed by atoms with Gasteiger partial charge < -0.3 is 20.4 Å². The van der Waals surface area contributed by atoms with Crippen molar-refractivity contribution in [1.29, 1.82) is 0 Å². The molecule has 7 nitrogen and oxygen atoms in total. The number of aliphatic imine (C=N–C) groups is 1. The van der Waals surface area contributed by atoms with Crippen LogP contribution in [-0.2, 0) is 17.9 Å². The highest BCUT2D eigenvalue weighted by Crippen LogP contribution is 2.12. The fourth-order valence-corrected chi connectivity index (χ4v) is 4.19. The van der Waals surface area contributed by atoms with Crippen LogP contribution in [0.15, 0.2) is 29.3 Å². The Morgan fingerprint density at radius 1 is 1.03 bits per heavy atom. The zero-order chi connectivity index (χ0) is 21.3. The first-order chi connectivity index (χ1) is 14.6. The van der Waals surface area contributed by atoms with E-state index in [-0.39, 0.29) is 11.9 Å². The molecule has 2 aliphatic rings. The Balaban J connectivity index is 1.41. The molecule has 2 aliphatic heterocycles. The molecule has 0 spiro atoms. The van der Waals surface area contributed by atoms with Gasteiger partial charge in [0.1, 0.15) is 0 Å². The summed E-state index contributed by atoms with van der Waals surface area (Å²) in [5.41, 5.74) is 2.62. The average Bonchev–Trinajstić information content (AvgIpc) is 3.26. The van der Waals surface area contributed by atoms with Crippen molar-refractivity contribution in [1.82, 2.24) is 25.3 Å². The molecule has 1 atom stereocenters. The number of carbonyl (C=O) groups excluding carboxylic acids is 1. The van der Waals surface area contributed by atoms with E-state index in [2.05, 4.69) is 56.6 Å². The van der Waals surface area contributed by atoms with E-state index in [1.165, 1.54) is 24.2 Å². The number of nitrogens with one attached hydrogen (secondary N) is 2. The van der Waals surface area contributed by atoms with Gasteiger partial charge in [-0.3, -0.25) is 14.7 Å². The van der Waals surface area contributed by atoms with Crippen LogP contribution < -0.4 is 10.6 Å². The highest BCUT2D eigenvalue weighted by Gasteiger charge is 2.25. The summed E-state index contributed by atoms with van der Waals surface area (Å²) in [6, 6.07) is 9.15.